The Kier molecular flexibility index (Phi) is 3.69. The minimum atomic E-state index is 0.387. The highest BCUT2D eigenvalue weighted by Gasteiger charge is 2.05. The van der Waals surface area contributed by atoms with Gasteiger partial charge in [0.05, 0.1) is 12.3 Å². The van der Waals surface area contributed by atoms with Gasteiger partial charge in [0, 0.05) is 19.2 Å². The fourth-order valence-corrected chi connectivity index (χ4v) is 1.57. The summed E-state index contributed by atoms with van der Waals surface area (Å²) in [6, 6.07) is 9.07. The number of aromatic nitrogens is 2. The molecule has 0 aliphatic rings. The quantitative estimate of drug-likeness (QED) is 0.772. The molecule has 2 rings (SSSR count). The van der Waals surface area contributed by atoms with E-state index in [-0.39, 0.29) is 0 Å². The molecule has 0 radical (unpaired) electrons. The van der Waals surface area contributed by atoms with Crippen molar-refractivity contribution in [2.24, 2.45) is 0 Å². The second kappa shape index (κ2) is 5.42. The van der Waals surface area contributed by atoms with Crippen LogP contribution in [-0.4, -0.2) is 30.1 Å². The van der Waals surface area contributed by atoms with Crippen molar-refractivity contribution in [3.63, 3.8) is 0 Å². The molecule has 2 aromatic rings. The minimum absolute atomic E-state index is 0.387. The van der Waals surface area contributed by atoms with Gasteiger partial charge in [0.25, 0.3) is 0 Å². The minimum Gasteiger partial charge on any atom is -0.491 e. The molecule has 1 aromatic carbocycles. The van der Waals surface area contributed by atoms with Crippen molar-refractivity contribution in [3.05, 3.63) is 30.3 Å². The Balaban J connectivity index is 2.19. The van der Waals surface area contributed by atoms with Crippen molar-refractivity contribution in [1.29, 1.82) is 0 Å². The predicted octanol–water partition coefficient (Wildman–Crippen LogP) is 1.06. The summed E-state index contributed by atoms with van der Waals surface area (Å²) in [5.41, 5.74) is 12.2. The first-order valence-electron chi connectivity index (χ1n) is 5.54. The Hall–Kier alpha value is -2.21. The molecule has 1 heterocycles. The number of nitrogens with zero attached hydrogens (tertiary/aromatic N) is 2. The van der Waals surface area contributed by atoms with E-state index in [1.54, 1.807) is 17.9 Å². The highest BCUT2D eigenvalue weighted by molar-refractivity contribution is 5.50. The van der Waals surface area contributed by atoms with Gasteiger partial charge in [-0.1, -0.05) is 6.07 Å². The number of methoxy groups -OCH3 is 1. The normalized spacial score (nSPS) is 10.5. The molecular formula is C12H16N4O2. The number of rotatable bonds is 5. The lowest BCUT2D eigenvalue weighted by Crippen LogP contribution is -2.05. The first kappa shape index (κ1) is 12.3. The Morgan fingerprint density at radius 2 is 2.06 bits per heavy atom. The molecule has 0 aliphatic carbocycles. The third-order valence-corrected chi connectivity index (χ3v) is 2.37. The molecule has 0 unspecified atom stereocenters. The third kappa shape index (κ3) is 2.72. The van der Waals surface area contributed by atoms with E-state index >= 15 is 0 Å². The van der Waals surface area contributed by atoms with E-state index in [2.05, 4.69) is 5.10 Å². The molecule has 0 fully saturated rings. The van der Waals surface area contributed by atoms with Crippen LogP contribution in [0.4, 0.5) is 11.6 Å². The van der Waals surface area contributed by atoms with Crippen molar-refractivity contribution in [2.75, 3.05) is 31.8 Å². The van der Waals surface area contributed by atoms with Crippen molar-refractivity contribution in [1.82, 2.24) is 9.78 Å². The van der Waals surface area contributed by atoms with E-state index in [0.29, 0.717) is 24.8 Å². The molecule has 18 heavy (non-hydrogen) atoms. The van der Waals surface area contributed by atoms with Crippen molar-refractivity contribution in [2.45, 2.75) is 0 Å². The summed E-state index contributed by atoms with van der Waals surface area (Å²) in [6.45, 7) is 1.04. The number of anilines is 2. The maximum atomic E-state index is 5.80. The average molecular weight is 248 g/mol. The molecule has 0 saturated carbocycles. The standard InChI is InChI=1S/C12H16N4O2/c1-17-5-6-18-10-4-2-3-9(7-10)16-12(14)8-11(13)15-16/h2-4,7-8H,5-6,14H2,1H3,(H2,13,15). The van der Waals surface area contributed by atoms with Gasteiger partial charge in [-0.25, -0.2) is 4.68 Å². The summed E-state index contributed by atoms with van der Waals surface area (Å²) in [5.74, 6) is 1.61. The topological polar surface area (TPSA) is 88.3 Å². The Labute approximate surface area is 105 Å². The lowest BCUT2D eigenvalue weighted by Gasteiger charge is -2.08. The van der Waals surface area contributed by atoms with E-state index in [1.165, 1.54) is 0 Å². The lowest BCUT2D eigenvalue weighted by atomic mass is 10.3. The molecule has 6 nitrogen and oxygen atoms in total. The zero-order valence-corrected chi connectivity index (χ0v) is 10.2. The second-order valence-corrected chi connectivity index (χ2v) is 3.74. The van der Waals surface area contributed by atoms with Crippen LogP contribution in [0, 0.1) is 0 Å². The van der Waals surface area contributed by atoms with Crippen LogP contribution >= 0.6 is 0 Å². The molecular weight excluding hydrogens is 232 g/mol. The number of nitrogens with two attached hydrogens (primary N) is 2. The zero-order valence-electron chi connectivity index (χ0n) is 10.2. The predicted molar refractivity (Wildman–Crippen MR) is 69.8 cm³/mol. The maximum absolute atomic E-state index is 5.80. The first-order valence-corrected chi connectivity index (χ1v) is 5.54. The van der Waals surface area contributed by atoms with Gasteiger partial charge in [-0.05, 0) is 12.1 Å². The molecule has 6 heteroatoms. The number of ether oxygens (including phenoxy) is 2. The summed E-state index contributed by atoms with van der Waals surface area (Å²) in [7, 11) is 1.63. The second-order valence-electron chi connectivity index (χ2n) is 3.74. The van der Waals surface area contributed by atoms with Gasteiger partial charge in [-0.15, -0.1) is 5.10 Å². The molecule has 96 valence electrons. The van der Waals surface area contributed by atoms with Gasteiger partial charge >= 0.3 is 0 Å². The SMILES string of the molecule is COCCOc1cccc(-n2nc(N)cc2N)c1. The molecule has 1 aromatic heterocycles. The average Bonchev–Trinajstić information content (AvgIpc) is 2.69. The highest BCUT2D eigenvalue weighted by atomic mass is 16.5. The van der Waals surface area contributed by atoms with Gasteiger partial charge in [0.15, 0.2) is 0 Å². The van der Waals surface area contributed by atoms with Crippen LogP contribution in [0.15, 0.2) is 30.3 Å². The smallest absolute Gasteiger partial charge is 0.148 e. The Morgan fingerprint density at radius 3 is 2.72 bits per heavy atom. The van der Waals surface area contributed by atoms with Crippen molar-refractivity contribution in [3.8, 4) is 11.4 Å². The Bertz CT molecular complexity index is 525. The molecule has 0 aliphatic heterocycles. The lowest BCUT2D eigenvalue weighted by molar-refractivity contribution is 0.146. The van der Waals surface area contributed by atoms with Crippen molar-refractivity contribution < 1.29 is 9.47 Å². The van der Waals surface area contributed by atoms with Gasteiger partial charge in [-0.2, -0.15) is 0 Å². The van der Waals surface area contributed by atoms with Gasteiger partial charge < -0.3 is 20.9 Å². The number of benzene rings is 1. The summed E-state index contributed by atoms with van der Waals surface area (Å²) in [6.07, 6.45) is 0. The van der Waals surface area contributed by atoms with E-state index in [4.69, 9.17) is 20.9 Å². The van der Waals surface area contributed by atoms with Crippen LogP contribution in [0.5, 0.6) is 5.75 Å². The van der Waals surface area contributed by atoms with Gasteiger partial charge in [0.1, 0.15) is 24.0 Å². The van der Waals surface area contributed by atoms with Crippen LogP contribution in [0.1, 0.15) is 0 Å². The number of nitrogen functional groups attached to an aromatic ring is 2. The van der Waals surface area contributed by atoms with Gasteiger partial charge in [0.2, 0.25) is 0 Å². The fourth-order valence-electron chi connectivity index (χ4n) is 1.57. The molecule has 0 saturated heterocycles. The first-order chi connectivity index (χ1) is 8.70. The summed E-state index contributed by atoms with van der Waals surface area (Å²) >= 11 is 0. The number of hydrogen-bond acceptors (Lipinski definition) is 5. The summed E-state index contributed by atoms with van der Waals surface area (Å²) in [4.78, 5) is 0. The monoisotopic (exact) mass is 248 g/mol. The van der Waals surface area contributed by atoms with Crippen molar-refractivity contribution >= 4 is 11.6 Å². The van der Waals surface area contributed by atoms with E-state index in [9.17, 15) is 0 Å². The van der Waals surface area contributed by atoms with Crippen LogP contribution in [0.2, 0.25) is 0 Å². The molecule has 0 atom stereocenters. The van der Waals surface area contributed by atoms with Gasteiger partial charge in [-0.3, -0.25) is 0 Å². The largest absolute Gasteiger partial charge is 0.491 e. The van der Waals surface area contributed by atoms with E-state index < -0.39 is 0 Å². The highest BCUT2D eigenvalue weighted by Crippen LogP contribution is 2.20. The number of hydrogen-bond donors (Lipinski definition) is 2. The molecule has 0 bridgehead atoms. The molecule has 0 spiro atoms. The van der Waals surface area contributed by atoms with E-state index in [1.807, 2.05) is 24.3 Å². The molecule has 4 N–H and O–H groups in total. The summed E-state index contributed by atoms with van der Waals surface area (Å²) < 4.78 is 12.0. The molecule has 0 amide bonds. The third-order valence-electron chi connectivity index (χ3n) is 2.37. The maximum Gasteiger partial charge on any atom is 0.148 e. The summed E-state index contributed by atoms with van der Waals surface area (Å²) in [5, 5.41) is 4.11. The van der Waals surface area contributed by atoms with Crippen LogP contribution in [0.3, 0.4) is 0 Å². The van der Waals surface area contributed by atoms with Crippen LogP contribution in [0.25, 0.3) is 5.69 Å². The van der Waals surface area contributed by atoms with Crippen LogP contribution < -0.4 is 16.2 Å². The fraction of sp³-hybridized carbons (Fsp3) is 0.250. The van der Waals surface area contributed by atoms with Crippen LogP contribution in [-0.2, 0) is 4.74 Å². The van der Waals surface area contributed by atoms with E-state index in [0.717, 1.165) is 11.4 Å². The Morgan fingerprint density at radius 1 is 1.22 bits per heavy atom. The zero-order chi connectivity index (χ0) is 13.0.